The highest BCUT2D eigenvalue weighted by Crippen LogP contribution is 2.50. The smallest absolute Gasteiger partial charge is 0.303 e. The molecule has 0 spiro atoms. The summed E-state index contributed by atoms with van der Waals surface area (Å²) in [6, 6.07) is 18.0. The Bertz CT molecular complexity index is 2750. The van der Waals surface area contributed by atoms with Crippen molar-refractivity contribution in [3.63, 3.8) is 0 Å². The maximum Gasteiger partial charge on any atom is 0.303 e. The van der Waals surface area contributed by atoms with Crippen molar-refractivity contribution in [3.8, 4) is 0 Å². The number of allylic oxidation sites excluding steroid dienone is 8. The van der Waals surface area contributed by atoms with Gasteiger partial charge in [-0.3, -0.25) is 13.9 Å². The number of carbonyl (C=O) groups is 1. The van der Waals surface area contributed by atoms with Gasteiger partial charge in [0, 0.05) is 89.9 Å². The van der Waals surface area contributed by atoms with Crippen LogP contribution in [0.5, 0.6) is 0 Å². The molecule has 0 radical (unpaired) electrons. The van der Waals surface area contributed by atoms with Crippen molar-refractivity contribution >= 4 is 60.7 Å². The number of hydrogen-bond donors (Lipinski definition) is 4. The van der Waals surface area contributed by atoms with Crippen molar-refractivity contribution in [1.82, 2.24) is 0 Å². The highest BCUT2D eigenvalue weighted by molar-refractivity contribution is 8.03. The maximum absolute atomic E-state index is 12.3. The highest BCUT2D eigenvalue weighted by atomic mass is 32.2. The standard InChI is InChI=1S/C51H63N3O9S3/c1-35(55)15-10-8-12-31-53-44-27-25-40(65(58,59)60)33-42(44)50(2,3)46(53)29-19-36-16-14-17-37(49(36)64-39-23-21-38(22-24-39)52(6)7)20-30-47-51(4,5)43-34-41(66(61,62)63)26-28-45(43)54(47)32-13-9-11-18-48(56)57/h19-30,33-34H,1,8-18,31-32H2,2-7H3,(H3-,55,56,57,58,59,60,61,62,63)/p+1. The zero-order valence-electron chi connectivity index (χ0n) is 38.9. The van der Waals surface area contributed by atoms with Crippen molar-refractivity contribution in [2.75, 3.05) is 37.0 Å². The van der Waals surface area contributed by atoms with Gasteiger partial charge in [0.05, 0.1) is 21.0 Å². The molecule has 0 saturated heterocycles. The van der Waals surface area contributed by atoms with Gasteiger partial charge >= 0.3 is 5.97 Å². The summed E-state index contributed by atoms with van der Waals surface area (Å²) in [6.45, 7) is 13.1. The van der Waals surface area contributed by atoms with Gasteiger partial charge in [0.25, 0.3) is 20.2 Å². The third kappa shape index (κ3) is 11.6. The van der Waals surface area contributed by atoms with Crippen molar-refractivity contribution in [2.24, 2.45) is 0 Å². The molecule has 0 amide bonds. The fourth-order valence-corrected chi connectivity index (χ4v) is 11.4. The van der Waals surface area contributed by atoms with Crippen LogP contribution < -0.4 is 9.80 Å². The summed E-state index contributed by atoms with van der Waals surface area (Å²) in [7, 11) is -4.87. The predicted molar refractivity (Wildman–Crippen MR) is 265 cm³/mol. The van der Waals surface area contributed by atoms with Gasteiger partial charge in [0.15, 0.2) is 5.71 Å². The molecule has 0 atom stereocenters. The largest absolute Gasteiger partial charge is 0.513 e. The number of aliphatic hydroxyl groups excluding tert-OH is 1. The SMILES string of the molecule is C=C(O)CCCCC[N+]1=C(/C=C/C2=C(Sc3ccc(N(C)C)cc3)C(=C/C=C3/N(CCCCCC(=O)O)c4ccc(S(=O)(=O)O)cc4C3(C)C)/CCC2)C(C)(C)c2cc(S(=O)(=O)O)ccc21. The molecule has 6 rings (SSSR count). The molecule has 0 saturated carbocycles. The van der Waals surface area contributed by atoms with Gasteiger partial charge in [-0.2, -0.15) is 21.4 Å². The third-order valence-electron chi connectivity index (χ3n) is 12.9. The van der Waals surface area contributed by atoms with E-state index in [1.807, 2.05) is 27.9 Å². The van der Waals surface area contributed by atoms with E-state index >= 15 is 0 Å². The average Bonchev–Trinajstić information content (AvgIpc) is 3.58. The quantitative estimate of drug-likeness (QED) is 0.0365. The monoisotopic (exact) mass is 958 g/mol. The normalized spacial score (nSPS) is 18.2. The molecule has 3 aromatic rings. The van der Waals surface area contributed by atoms with Crippen LogP contribution in [0.15, 0.2) is 134 Å². The minimum atomic E-state index is -4.45. The molecule has 0 bridgehead atoms. The molecule has 354 valence electrons. The Morgan fingerprint density at radius 3 is 2.06 bits per heavy atom. The summed E-state index contributed by atoms with van der Waals surface area (Å²) in [6.07, 6.45) is 16.3. The van der Waals surface area contributed by atoms with Crippen LogP contribution in [-0.4, -0.2) is 79.6 Å². The Morgan fingerprint density at radius 2 is 1.42 bits per heavy atom. The zero-order chi connectivity index (χ0) is 48.2. The summed E-state index contributed by atoms with van der Waals surface area (Å²) in [5, 5.41) is 18.9. The van der Waals surface area contributed by atoms with Crippen LogP contribution in [0.1, 0.15) is 109 Å². The number of nitrogens with zero attached hydrogens (tertiary/aromatic N) is 3. The van der Waals surface area contributed by atoms with E-state index in [0.717, 1.165) is 105 Å². The first kappa shape index (κ1) is 50.5. The van der Waals surface area contributed by atoms with Gasteiger partial charge in [-0.25, -0.2) is 0 Å². The van der Waals surface area contributed by atoms with Gasteiger partial charge < -0.3 is 20.0 Å². The summed E-state index contributed by atoms with van der Waals surface area (Å²) in [5.74, 6) is -0.666. The number of benzene rings is 3. The molecule has 1 aliphatic carbocycles. The van der Waals surface area contributed by atoms with Crippen LogP contribution in [-0.2, 0) is 35.9 Å². The van der Waals surface area contributed by atoms with Gasteiger partial charge in [-0.1, -0.05) is 50.8 Å². The van der Waals surface area contributed by atoms with Crippen LogP contribution in [0.25, 0.3) is 0 Å². The van der Waals surface area contributed by atoms with Crippen LogP contribution in [0, 0.1) is 0 Å². The zero-order valence-corrected chi connectivity index (χ0v) is 41.3. The second-order valence-electron chi connectivity index (χ2n) is 18.6. The van der Waals surface area contributed by atoms with E-state index in [1.165, 1.54) is 12.1 Å². The van der Waals surface area contributed by atoms with Crippen molar-refractivity contribution in [1.29, 1.82) is 0 Å². The predicted octanol–water partition coefficient (Wildman–Crippen LogP) is 11.3. The molecular formula is C51H64N3O9S3+. The molecule has 3 aliphatic rings. The minimum Gasteiger partial charge on any atom is -0.513 e. The Morgan fingerprint density at radius 1 is 0.788 bits per heavy atom. The van der Waals surface area contributed by atoms with Crippen molar-refractivity contribution < 1.29 is 45.5 Å². The Hall–Kier alpha value is -4.93. The Kier molecular flexibility index (Phi) is 15.7. The van der Waals surface area contributed by atoms with E-state index in [9.17, 15) is 40.9 Å². The third-order valence-corrected chi connectivity index (χ3v) is 15.8. The summed E-state index contributed by atoms with van der Waals surface area (Å²) in [5.41, 5.74) is 7.37. The summed E-state index contributed by atoms with van der Waals surface area (Å²) < 4.78 is 71.5. The van der Waals surface area contributed by atoms with Crippen LogP contribution in [0.3, 0.4) is 0 Å². The lowest BCUT2D eigenvalue weighted by Gasteiger charge is -2.27. The number of carboxylic acid groups (broad SMARTS) is 1. The summed E-state index contributed by atoms with van der Waals surface area (Å²) in [4.78, 5) is 17.4. The van der Waals surface area contributed by atoms with E-state index in [4.69, 9.17) is 0 Å². The van der Waals surface area contributed by atoms with Crippen LogP contribution in [0.4, 0.5) is 17.1 Å². The number of rotatable bonds is 20. The lowest BCUT2D eigenvalue weighted by molar-refractivity contribution is -0.438. The highest BCUT2D eigenvalue weighted by Gasteiger charge is 2.45. The Labute approximate surface area is 395 Å². The number of unbranched alkanes of at least 4 members (excludes halogenated alkanes) is 4. The van der Waals surface area contributed by atoms with Gasteiger partial charge in [0.1, 0.15) is 6.54 Å². The van der Waals surface area contributed by atoms with E-state index in [2.05, 4.69) is 83.4 Å². The molecular weight excluding hydrogens is 895 g/mol. The molecule has 3 aromatic carbocycles. The molecule has 0 aromatic heterocycles. The lowest BCUT2D eigenvalue weighted by atomic mass is 9.81. The maximum atomic E-state index is 12.3. The molecule has 15 heteroatoms. The van der Waals surface area contributed by atoms with E-state index in [-0.39, 0.29) is 22.0 Å². The minimum absolute atomic E-state index is 0.0922. The number of hydrogen-bond acceptors (Lipinski definition) is 9. The number of fused-ring (bicyclic) bond motifs is 2. The number of aliphatic hydroxyl groups is 1. The van der Waals surface area contributed by atoms with Crippen molar-refractivity contribution in [3.05, 3.63) is 130 Å². The van der Waals surface area contributed by atoms with Gasteiger partial charge in [-0.05, 0) is 136 Å². The van der Waals surface area contributed by atoms with E-state index < -0.39 is 37.0 Å². The Balaban J connectivity index is 1.46. The lowest BCUT2D eigenvalue weighted by Crippen LogP contribution is -2.28. The first-order chi connectivity index (χ1) is 31.0. The van der Waals surface area contributed by atoms with Crippen LogP contribution >= 0.6 is 11.8 Å². The topological polar surface area (TPSA) is 176 Å². The van der Waals surface area contributed by atoms with Gasteiger partial charge in [-0.15, -0.1) is 0 Å². The van der Waals surface area contributed by atoms with Crippen molar-refractivity contribution in [2.45, 2.75) is 124 Å². The summed E-state index contributed by atoms with van der Waals surface area (Å²) >= 11 is 1.71. The number of anilines is 2. The second kappa shape index (κ2) is 20.5. The second-order valence-corrected chi connectivity index (χ2v) is 22.5. The van der Waals surface area contributed by atoms with Gasteiger partial charge in [0.2, 0.25) is 5.69 Å². The van der Waals surface area contributed by atoms with E-state index in [1.54, 1.807) is 36.0 Å². The molecule has 12 nitrogen and oxygen atoms in total. The molecule has 0 fully saturated rings. The number of aliphatic carboxylic acids is 1. The fraction of sp³-hybridized carbons (Fsp3) is 0.412. The molecule has 2 aliphatic heterocycles. The molecule has 4 N–H and O–H groups in total. The van der Waals surface area contributed by atoms with E-state index in [0.29, 0.717) is 32.4 Å². The first-order valence-electron chi connectivity index (χ1n) is 22.5. The van der Waals surface area contributed by atoms with Crippen LogP contribution in [0.2, 0.25) is 0 Å². The average molecular weight is 959 g/mol. The molecule has 2 heterocycles. The molecule has 0 unspecified atom stereocenters. The first-order valence-corrected chi connectivity index (χ1v) is 26.2. The fourth-order valence-electron chi connectivity index (χ4n) is 9.25. The number of carboxylic acids is 1. The number of thioether (sulfide) groups is 1. The molecule has 66 heavy (non-hydrogen) atoms.